The lowest BCUT2D eigenvalue weighted by molar-refractivity contribution is -0.129. The van der Waals surface area contributed by atoms with Crippen LogP contribution in [0, 0.1) is 0 Å². The van der Waals surface area contributed by atoms with Crippen LogP contribution in [-0.4, -0.2) is 43.7 Å². The number of benzene rings is 1. The molecule has 3 rings (SSSR count). The van der Waals surface area contributed by atoms with Crippen LogP contribution in [0.3, 0.4) is 0 Å². The highest BCUT2D eigenvalue weighted by Gasteiger charge is 2.34. The molecule has 2 unspecified atom stereocenters. The van der Waals surface area contributed by atoms with Gasteiger partial charge in [-0.3, -0.25) is 10.1 Å². The van der Waals surface area contributed by atoms with Crippen LogP contribution in [0.4, 0.5) is 0 Å². The number of carbonyl (C=O) groups excluding carboxylic acids is 1. The van der Waals surface area contributed by atoms with E-state index < -0.39 is 0 Å². The summed E-state index contributed by atoms with van der Waals surface area (Å²) >= 11 is 0. The zero-order chi connectivity index (χ0) is 13.9. The number of ether oxygens (including phenoxy) is 2. The van der Waals surface area contributed by atoms with Crippen molar-refractivity contribution >= 4 is 5.91 Å². The zero-order valence-electron chi connectivity index (χ0n) is 11.7. The Bertz CT molecular complexity index is 469. The highest BCUT2D eigenvalue weighted by atomic mass is 16.5. The third kappa shape index (κ3) is 2.64. The molecule has 2 fully saturated rings. The Morgan fingerprint density at radius 3 is 2.85 bits per heavy atom. The lowest BCUT2D eigenvalue weighted by Gasteiger charge is -2.27. The Balaban J connectivity index is 1.74. The van der Waals surface area contributed by atoms with Gasteiger partial charge < -0.3 is 14.4 Å². The molecular weight excluding hydrogens is 256 g/mol. The first-order valence-corrected chi connectivity index (χ1v) is 7.06. The molecule has 5 nitrogen and oxygen atoms in total. The number of carbonyl (C=O) groups is 1. The summed E-state index contributed by atoms with van der Waals surface area (Å²) in [5, 5.41) is 3.26. The standard InChI is InChI=1S/C15H20N2O3/c1-19-12-6-4-11(5-7-12)15-16-9-14(18)17(15)10-13-3-2-8-20-13/h4-7,13,15-16H,2-3,8-10H2,1H3. The van der Waals surface area contributed by atoms with E-state index in [9.17, 15) is 4.79 Å². The molecule has 1 aromatic rings. The molecule has 0 spiro atoms. The van der Waals surface area contributed by atoms with Gasteiger partial charge in [0.2, 0.25) is 5.91 Å². The van der Waals surface area contributed by atoms with Crippen LogP contribution in [-0.2, 0) is 9.53 Å². The van der Waals surface area contributed by atoms with Gasteiger partial charge in [0.1, 0.15) is 11.9 Å². The molecule has 108 valence electrons. The number of hydrogen-bond donors (Lipinski definition) is 1. The van der Waals surface area contributed by atoms with E-state index in [1.807, 2.05) is 29.2 Å². The second-order valence-electron chi connectivity index (χ2n) is 5.24. The van der Waals surface area contributed by atoms with Crippen molar-refractivity contribution in [1.82, 2.24) is 10.2 Å². The molecular formula is C15H20N2O3. The maximum Gasteiger partial charge on any atom is 0.238 e. The molecule has 5 heteroatoms. The first-order valence-electron chi connectivity index (χ1n) is 7.06. The van der Waals surface area contributed by atoms with Gasteiger partial charge in [0.15, 0.2) is 0 Å². The van der Waals surface area contributed by atoms with E-state index in [2.05, 4.69) is 5.32 Å². The summed E-state index contributed by atoms with van der Waals surface area (Å²) in [6, 6.07) is 7.84. The van der Waals surface area contributed by atoms with Crippen LogP contribution >= 0.6 is 0 Å². The van der Waals surface area contributed by atoms with Gasteiger partial charge in [0, 0.05) is 13.2 Å². The van der Waals surface area contributed by atoms with Gasteiger partial charge in [-0.25, -0.2) is 0 Å². The number of rotatable bonds is 4. The van der Waals surface area contributed by atoms with Crippen molar-refractivity contribution in [3.63, 3.8) is 0 Å². The predicted octanol–water partition coefficient (Wildman–Crippen LogP) is 1.30. The topological polar surface area (TPSA) is 50.8 Å². The first-order chi connectivity index (χ1) is 9.78. The van der Waals surface area contributed by atoms with E-state index in [0.717, 1.165) is 30.8 Å². The van der Waals surface area contributed by atoms with Crippen LogP contribution in [0.15, 0.2) is 24.3 Å². The van der Waals surface area contributed by atoms with Gasteiger partial charge in [0.05, 0.1) is 19.8 Å². The number of methoxy groups -OCH3 is 1. The highest BCUT2D eigenvalue weighted by Crippen LogP contribution is 2.26. The van der Waals surface area contributed by atoms with Gasteiger partial charge in [-0.05, 0) is 30.5 Å². The molecule has 20 heavy (non-hydrogen) atoms. The second kappa shape index (κ2) is 5.81. The fraction of sp³-hybridized carbons (Fsp3) is 0.533. The van der Waals surface area contributed by atoms with Crippen LogP contribution < -0.4 is 10.1 Å². The summed E-state index contributed by atoms with van der Waals surface area (Å²) in [7, 11) is 1.65. The van der Waals surface area contributed by atoms with E-state index in [-0.39, 0.29) is 18.2 Å². The SMILES string of the molecule is COc1ccc(C2NCC(=O)N2CC2CCCO2)cc1. The summed E-state index contributed by atoms with van der Waals surface area (Å²) in [6.07, 6.45) is 2.25. The molecule has 0 bridgehead atoms. The first kappa shape index (κ1) is 13.4. The number of nitrogens with zero attached hydrogens (tertiary/aromatic N) is 1. The lowest BCUT2D eigenvalue weighted by atomic mass is 10.1. The smallest absolute Gasteiger partial charge is 0.238 e. The van der Waals surface area contributed by atoms with Gasteiger partial charge >= 0.3 is 0 Å². The Labute approximate surface area is 118 Å². The van der Waals surface area contributed by atoms with E-state index >= 15 is 0 Å². The highest BCUT2D eigenvalue weighted by molar-refractivity contribution is 5.81. The molecule has 1 N–H and O–H groups in total. The fourth-order valence-corrected chi connectivity index (χ4v) is 2.84. The Morgan fingerprint density at radius 2 is 2.20 bits per heavy atom. The Morgan fingerprint density at radius 1 is 1.40 bits per heavy atom. The quantitative estimate of drug-likeness (QED) is 0.900. The van der Waals surface area contributed by atoms with E-state index in [1.165, 1.54) is 0 Å². The zero-order valence-corrected chi connectivity index (χ0v) is 11.7. The van der Waals surface area contributed by atoms with Crippen LogP contribution in [0.2, 0.25) is 0 Å². The van der Waals surface area contributed by atoms with Crippen molar-refractivity contribution in [3.8, 4) is 5.75 Å². The number of nitrogens with one attached hydrogen (secondary N) is 1. The summed E-state index contributed by atoms with van der Waals surface area (Å²) in [4.78, 5) is 13.9. The molecule has 2 saturated heterocycles. The van der Waals surface area contributed by atoms with Gasteiger partial charge in [-0.2, -0.15) is 0 Å². The summed E-state index contributed by atoms with van der Waals surface area (Å²) in [6.45, 7) is 1.87. The van der Waals surface area contributed by atoms with Crippen molar-refractivity contribution in [3.05, 3.63) is 29.8 Å². The third-order valence-electron chi connectivity index (χ3n) is 3.93. The monoisotopic (exact) mass is 276 g/mol. The minimum absolute atomic E-state index is 0.0578. The van der Waals surface area contributed by atoms with Gasteiger partial charge in [0.25, 0.3) is 0 Å². The molecule has 0 aliphatic carbocycles. The van der Waals surface area contributed by atoms with Crippen molar-refractivity contribution in [2.24, 2.45) is 0 Å². The molecule has 0 saturated carbocycles. The molecule has 2 atom stereocenters. The summed E-state index contributed by atoms with van der Waals surface area (Å²) in [5.41, 5.74) is 1.08. The van der Waals surface area contributed by atoms with Crippen LogP contribution in [0.1, 0.15) is 24.6 Å². The van der Waals surface area contributed by atoms with Gasteiger partial charge in [-0.15, -0.1) is 0 Å². The van der Waals surface area contributed by atoms with Crippen molar-refractivity contribution in [2.45, 2.75) is 25.1 Å². The van der Waals surface area contributed by atoms with Crippen LogP contribution in [0.25, 0.3) is 0 Å². The maximum absolute atomic E-state index is 12.1. The third-order valence-corrected chi connectivity index (χ3v) is 3.93. The molecule has 2 heterocycles. The van der Waals surface area contributed by atoms with Crippen molar-refractivity contribution in [1.29, 1.82) is 0 Å². The number of hydrogen-bond acceptors (Lipinski definition) is 4. The summed E-state index contributed by atoms with van der Waals surface area (Å²) in [5.74, 6) is 0.963. The molecule has 1 amide bonds. The largest absolute Gasteiger partial charge is 0.497 e. The van der Waals surface area contributed by atoms with Crippen LogP contribution in [0.5, 0.6) is 5.75 Å². The summed E-state index contributed by atoms with van der Waals surface area (Å²) < 4.78 is 10.8. The van der Waals surface area contributed by atoms with Crippen molar-refractivity contribution < 1.29 is 14.3 Å². The minimum Gasteiger partial charge on any atom is -0.497 e. The minimum atomic E-state index is -0.0578. The second-order valence-corrected chi connectivity index (χ2v) is 5.24. The van der Waals surface area contributed by atoms with E-state index in [4.69, 9.17) is 9.47 Å². The molecule has 0 aromatic heterocycles. The fourth-order valence-electron chi connectivity index (χ4n) is 2.84. The van der Waals surface area contributed by atoms with Gasteiger partial charge in [-0.1, -0.05) is 12.1 Å². The molecule has 2 aliphatic heterocycles. The van der Waals surface area contributed by atoms with E-state index in [1.54, 1.807) is 7.11 Å². The van der Waals surface area contributed by atoms with E-state index in [0.29, 0.717) is 13.1 Å². The average Bonchev–Trinajstić information content (AvgIpc) is 3.11. The molecule has 0 radical (unpaired) electrons. The van der Waals surface area contributed by atoms with Crippen molar-refractivity contribution in [2.75, 3.05) is 26.8 Å². The number of amides is 1. The normalized spacial score (nSPS) is 26.2. The average molecular weight is 276 g/mol. The molecule has 2 aliphatic rings. The lowest BCUT2D eigenvalue weighted by Crippen LogP contribution is -2.36. The Kier molecular flexibility index (Phi) is 3.89. The molecule has 1 aromatic carbocycles. The maximum atomic E-state index is 12.1. The predicted molar refractivity (Wildman–Crippen MR) is 74.4 cm³/mol. The Hall–Kier alpha value is -1.59.